The Morgan fingerprint density at radius 2 is 2.05 bits per heavy atom. The third kappa shape index (κ3) is 3.42. The van der Waals surface area contributed by atoms with Crippen LogP contribution in [0.1, 0.15) is 30.0 Å². The lowest BCUT2D eigenvalue weighted by Gasteiger charge is -2.32. The Bertz CT molecular complexity index is 512. The summed E-state index contributed by atoms with van der Waals surface area (Å²) >= 11 is 0. The third-order valence-corrected chi connectivity index (χ3v) is 4.07. The number of piperidine rings is 1. The van der Waals surface area contributed by atoms with Gasteiger partial charge >= 0.3 is 0 Å². The van der Waals surface area contributed by atoms with E-state index in [1.807, 2.05) is 6.20 Å². The monoisotopic (exact) mass is 267 g/mol. The Hall–Kier alpha value is -1.74. The van der Waals surface area contributed by atoms with Crippen molar-refractivity contribution < 1.29 is 0 Å². The molecule has 0 spiro atoms. The number of rotatable bonds is 4. The van der Waals surface area contributed by atoms with E-state index in [2.05, 4.69) is 45.2 Å². The van der Waals surface area contributed by atoms with Gasteiger partial charge in [0, 0.05) is 37.6 Å². The lowest BCUT2D eigenvalue weighted by Crippen LogP contribution is -2.36. The maximum absolute atomic E-state index is 4.47. The van der Waals surface area contributed by atoms with Gasteiger partial charge in [0.25, 0.3) is 0 Å². The average Bonchev–Trinajstić information content (AvgIpc) is 2.55. The van der Waals surface area contributed by atoms with Gasteiger partial charge in [-0.25, -0.2) is 0 Å². The van der Waals surface area contributed by atoms with Crippen molar-refractivity contribution in [3.8, 4) is 0 Å². The van der Waals surface area contributed by atoms with Crippen LogP contribution in [-0.4, -0.2) is 34.5 Å². The molecule has 0 amide bonds. The average molecular weight is 267 g/mol. The van der Waals surface area contributed by atoms with E-state index in [1.165, 1.54) is 24.9 Å². The molecular formula is C17H21N3. The van der Waals surface area contributed by atoms with E-state index in [-0.39, 0.29) is 0 Å². The largest absolute Gasteiger partial charge is 0.302 e. The standard InChI is InChI=1S/C17H21N3/c1-2-5-15(6-3-1)8-12-20-11-4-7-16(14-20)17-13-18-9-10-19-17/h1-3,5-6,9-10,13,16H,4,7-8,11-12,14H2/t16-/m1/s1. The molecule has 0 bridgehead atoms. The van der Waals surface area contributed by atoms with Crippen LogP contribution in [0.25, 0.3) is 0 Å². The minimum Gasteiger partial charge on any atom is -0.302 e. The molecule has 0 saturated carbocycles. The third-order valence-electron chi connectivity index (χ3n) is 4.07. The van der Waals surface area contributed by atoms with Crippen molar-refractivity contribution in [1.29, 1.82) is 0 Å². The molecule has 3 nitrogen and oxygen atoms in total. The summed E-state index contributed by atoms with van der Waals surface area (Å²) in [5.41, 5.74) is 2.58. The zero-order valence-electron chi connectivity index (χ0n) is 11.8. The zero-order chi connectivity index (χ0) is 13.6. The van der Waals surface area contributed by atoms with Gasteiger partial charge in [-0.2, -0.15) is 0 Å². The molecule has 1 atom stereocenters. The van der Waals surface area contributed by atoms with Crippen molar-refractivity contribution in [2.45, 2.75) is 25.2 Å². The number of benzene rings is 1. The molecule has 1 aliphatic heterocycles. The Morgan fingerprint density at radius 3 is 2.85 bits per heavy atom. The highest BCUT2D eigenvalue weighted by atomic mass is 15.1. The molecule has 0 aliphatic carbocycles. The summed E-state index contributed by atoms with van der Waals surface area (Å²) < 4.78 is 0. The van der Waals surface area contributed by atoms with Gasteiger partial charge in [0.1, 0.15) is 0 Å². The fraction of sp³-hybridized carbons (Fsp3) is 0.412. The van der Waals surface area contributed by atoms with Gasteiger partial charge in [-0.3, -0.25) is 9.97 Å². The van der Waals surface area contributed by atoms with Crippen LogP contribution in [-0.2, 0) is 6.42 Å². The molecule has 2 aromatic rings. The molecule has 1 saturated heterocycles. The Morgan fingerprint density at radius 1 is 1.15 bits per heavy atom. The van der Waals surface area contributed by atoms with Crippen LogP contribution in [0.15, 0.2) is 48.9 Å². The molecule has 0 radical (unpaired) electrons. The van der Waals surface area contributed by atoms with Gasteiger partial charge in [-0.15, -0.1) is 0 Å². The Balaban J connectivity index is 1.56. The minimum atomic E-state index is 0.549. The fourth-order valence-corrected chi connectivity index (χ4v) is 2.95. The molecule has 104 valence electrons. The molecule has 1 aromatic heterocycles. The van der Waals surface area contributed by atoms with E-state index in [0.717, 1.165) is 25.2 Å². The number of aromatic nitrogens is 2. The molecule has 0 N–H and O–H groups in total. The van der Waals surface area contributed by atoms with Gasteiger partial charge in [0.15, 0.2) is 0 Å². The number of hydrogen-bond donors (Lipinski definition) is 0. The predicted octanol–water partition coefficient (Wildman–Crippen LogP) is 2.90. The second kappa shape index (κ2) is 6.62. The highest BCUT2D eigenvalue weighted by molar-refractivity contribution is 5.15. The van der Waals surface area contributed by atoms with Crippen molar-refractivity contribution >= 4 is 0 Å². The van der Waals surface area contributed by atoms with Crippen molar-refractivity contribution in [3.05, 3.63) is 60.2 Å². The Labute approximate surface area is 120 Å². The lowest BCUT2D eigenvalue weighted by molar-refractivity contribution is 0.208. The molecular weight excluding hydrogens is 246 g/mol. The predicted molar refractivity (Wildman–Crippen MR) is 80.6 cm³/mol. The van der Waals surface area contributed by atoms with E-state index in [4.69, 9.17) is 0 Å². The lowest BCUT2D eigenvalue weighted by atomic mass is 9.95. The number of likely N-dealkylation sites (tertiary alicyclic amines) is 1. The topological polar surface area (TPSA) is 29.0 Å². The highest BCUT2D eigenvalue weighted by Crippen LogP contribution is 2.24. The molecule has 3 heteroatoms. The van der Waals surface area contributed by atoms with Crippen LogP contribution in [0.5, 0.6) is 0 Å². The second-order valence-electron chi connectivity index (χ2n) is 5.51. The molecule has 3 rings (SSSR count). The van der Waals surface area contributed by atoms with Crippen molar-refractivity contribution in [2.24, 2.45) is 0 Å². The number of nitrogens with zero attached hydrogens (tertiary/aromatic N) is 3. The molecule has 1 aromatic carbocycles. The summed E-state index contributed by atoms with van der Waals surface area (Å²) in [6.45, 7) is 3.47. The van der Waals surface area contributed by atoms with E-state index in [9.17, 15) is 0 Å². The first-order valence-corrected chi connectivity index (χ1v) is 7.44. The summed E-state index contributed by atoms with van der Waals surface area (Å²) in [6.07, 6.45) is 9.10. The van der Waals surface area contributed by atoms with Crippen LogP contribution < -0.4 is 0 Å². The van der Waals surface area contributed by atoms with Gasteiger partial charge in [0.05, 0.1) is 5.69 Å². The normalized spacial score (nSPS) is 19.9. The SMILES string of the molecule is c1ccc(CCN2CCC[C@@H](c3cnccn3)C2)cc1. The van der Waals surface area contributed by atoms with Gasteiger partial charge in [0.2, 0.25) is 0 Å². The van der Waals surface area contributed by atoms with E-state index in [1.54, 1.807) is 12.4 Å². The summed E-state index contributed by atoms with van der Waals surface area (Å²) in [7, 11) is 0. The minimum absolute atomic E-state index is 0.549. The summed E-state index contributed by atoms with van der Waals surface area (Å²) in [4.78, 5) is 11.2. The Kier molecular flexibility index (Phi) is 4.38. The summed E-state index contributed by atoms with van der Waals surface area (Å²) in [5, 5.41) is 0. The molecule has 1 aliphatic rings. The number of hydrogen-bond acceptors (Lipinski definition) is 3. The van der Waals surface area contributed by atoms with Crippen molar-refractivity contribution in [3.63, 3.8) is 0 Å². The van der Waals surface area contributed by atoms with Crippen molar-refractivity contribution in [2.75, 3.05) is 19.6 Å². The molecule has 20 heavy (non-hydrogen) atoms. The van der Waals surface area contributed by atoms with Crippen LogP contribution in [0.3, 0.4) is 0 Å². The smallest absolute Gasteiger partial charge is 0.0630 e. The molecule has 0 unspecified atom stereocenters. The second-order valence-corrected chi connectivity index (χ2v) is 5.51. The summed E-state index contributed by atoms with van der Waals surface area (Å²) in [6, 6.07) is 10.7. The fourth-order valence-electron chi connectivity index (χ4n) is 2.95. The maximum Gasteiger partial charge on any atom is 0.0630 e. The van der Waals surface area contributed by atoms with Crippen LogP contribution in [0.2, 0.25) is 0 Å². The van der Waals surface area contributed by atoms with Crippen molar-refractivity contribution in [1.82, 2.24) is 14.9 Å². The highest BCUT2D eigenvalue weighted by Gasteiger charge is 2.21. The van der Waals surface area contributed by atoms with Crippen LogP contribution >= 0.6 is 0 Å². The quantitative estimate of drug-likeness (QED) is 0.853. The summed E-state index contributed by atoms with van der Waals surface area (Å²) in [5.74, 6) is 0.549. The van der Waals surface area contributed by atoms with Gasteiger partial charge in [-0.05, 0) is 31.4 Å². The first-order valence-electron chi connectivity index (χ1n) is 7.44. The first kappa shape index (κ1) is 13.3. The van der Waals surface area contributed by atoms with Crippen LogP contribution in [0.4, 0.5) is 0 Å². The zero-order valence-corrected chi connectivity index (χ0v) is 11.8. The van der Waals surface area contributed by atoms with Crippen LogP contribution in [0, 0.1) is 0 Å². The van der Waals surface area contributed by atoms with E-state index >= 15 is 0 Å². The van der Waals surface area contributed by atoms with Gasteiger partial charge < -0.3 is 4.90 Å². The molecule has 1 fully saturated rings. The molecule has 2 heterocycles. The van der Waals surface area contributed by atoms with E-state index < -0.39 is 0 Å². The van der Waals surface area contributed by atoms with E-state index in [0.29, 0.717) is 5.92 Å². The first-order chi connectivity index (χ1) is 9.92. The maximum atomic E-state index is 4.47. The van der Waals surface area contributed by atoms with Gasteiger partial charge in [-0.1, -0.05) is 30.3 Å².